The molecule has 4 N–H and O–H groups in total. The summed E-state index contributed by atoms with van der Waals surface area (Å²) in [5.74, 6) is -0.522. The summed E-state index contributed by atoms with van der Waals surface area (Å²) in [7, 11) is 0. The number of nitrogens with two attached hydrogens (primary N) is 1. The molecule has 0 saturated carbocycles. The summed E-state index contributed by atoms with van der Waals surface area (Å²) < 4.78 is 0. The van der Waals surface area contributed by atoms with Gasteiger partial charge in [0.2, 0.25) is 5.91 Å². The van der Waals surface area contributed by atoms with Crippen LogP contribution in [0.1, 0.15) is 6.92 Å². The lowest BCUT2D eigenvalue weighted by atomic mass is 10.6. The lowest BCUT2D eigenvalue weighted by Gasteiger charge is -2.01. The van der Waals surface area contributed by atoms with Crippen molar-refractivity contribution < 1.29 is 14.4 Å². The van der Waals surface area contributed by atoms with Crippen LogP contribution < -0.4 is 16.5 Å². The first-order valence-electron chi connectivity index (χ1n) is 3.10. The normalized spacial score (nSPS) is 9.18. The first-order valence-corrected chi connectivity index (χ1v) is 3.10. The topological polar surface area (TPSA) is 93.4 Å². The van der Waals surface area contributed by atoms with Gasteiger partial charge in [-0.3, -0.25) is 10.1 Å². The van der Waals surface area contributed by atoms with E-state index < -0.39 is 11.9 Å². The smallest absolute Gasteiger partial charge is 0.318 e. The molecule has 0 bridgehead atoms. The molecule has 6 nitrogen and oxygen atoms in total. The van der Waals surface area contributed by atoms with E-state index in [4.69, 9.17) is 0 Å². The van der Waals surface area contributed by atoms with E-state index in [2.05, 4.69) is 16.1 Å². The second-order valence-corrected chi connectivity index (χ2v) is 1.67. The Hall–Kier alpha value is -1.14. The van der Waals surface area contributed by atoms with E-state index >= 15 is 0 Å². The predicted octanol–water partition coefficient (Wildman–Crippen LogP) is -1.28. The number of hydroxylamine groups is 1. The van der Waals surface area contributed by atoms with Crippen LogP contribution in [-0.4, -0.2) is 25.1 Å². The van der Waals surface area contributed by atoms with Gasteiger partial charge in [0.25, 0.3) is 0 Å². The fraction of sp³-hybridized carbons (Fsp3) is 0.600. The lowest BCUT2D eigenvalue weighted by Crippen LogP contribution is -2.40. The highest BCUT2D eigenvalue weighted by Crippen LogP contribution is 1.66. The van der Waals surface area contributed by atoms with Gasteiger partial charge in [-0.25, -0.2) is 4.79 Å². The van der Waals surface area contributed by atoms with Gasteiger partial charge < -0.3 is 10.6 Å². The van der Waals surface area contributed by atoms with Crippen LogP contribution in [0, 0.1) is 0 Å². The molecule has 0 aliphatic carbocycles. The summed E-state index contributed by atoms with van der Waals surface area (Å²) in [5.41, 5.74) is 6.98. The molecule has 3 amide bonds. The van der Waals surface area contributed by atoms with Crippen LogP contribution in [0.3, 0.4) is 0 Å². The van der Waals surface area contributed by atoms with Crippen LogP contribution in [0.4, 0.5) is 4.79 Å². The minimum atomic E-state index is -0.867. The zero-order valence-corrected chi connectivity index (χ0v) is 6.22. The Balaban J connectivity index is 3.30. The molecule has 0 aromatic carbocycles. The number of rotatable bonds is 4. The van der Waals surface area contributed by atoms with E-state index in [1.165, 1.54) is 0 Å². The van der Waals surface area contributed by atoms with Crippen molar-refractivity contribution in [1.82, 2.24) is 10.8 Å². The molecule has 0 fully saturated rings. The Morgan fingerprint density at radius 1 is 1.55 bits per heavy atom. The van der Waals surface area contributed by atoms with Gasteiger partial charge >= 0.3 is 6.03 Å². The van der Waals surface area contributed by atoms with Crippen molar-refractivity contribution in [3.63, 3.8) is 0 Å². The van der Waals surface area contributed by atoms with Crippen LogP contribution in [0.5, 0.6) is 0 Å². The molecule has 0 aliphatic rings. The summed E-state index contributed by atoms with van der Waals surface area (Å²) in [6, 6.07) is -0.867. The Bertz CT molecular complexity index is 148. The predicted molar refractivity (Wildman–Crippen MR) is 37.4 cm³/mol. The summed E-state index contributed by atoms with van der Waals surface area (Å²) in [6.07, 6.45) is 0. The number of urea groups is 1. The Morgan fingerprint density at radius 3 is 2.64 bits per heavy atom. The van der Waals surface area contributed by atoms with Gasteiger partial charge in [-0.1, -0.05) is 0 Å². The van der Waals surface area contributed by atoms with Crippen molar-refractivity contribution in [1.29, 1.82) is 0 Å². The average molecular weight is 161 g/mol. The molecule has 0 atom stereocenters. The van der Waals surface area contributed by atoms with E-state index in [0.717, 1.165) is 0 Å². The fourth-order valence-corrected chi connectivity index (χ4v) is 0.400. The number of primary amides is 1. The third-order valence-electron chi connectivity index (χ3n) is 0.742. The Labute approximate surface area is 64.0 Å². The second-order valence-electron chi connectivity index (χ2n) is 1.67. The van der Waals surface area contributed by atoms with Crippen LogP contribution >= 0.6 is 0 Å². The number of nitrogens with one attached hydrogen (secondary N) is 2. The molecule has 0 aromatic rings. The molecule has 0 aliphatic heterocycles. The van der Waals surface area contributed by atoms with Gasteiger partial charge in [-0.15, -0.1) is 0 Å². The third kappa shape index (κ3) is 6.75. The van der Waals surface area contributed by atoms with E-state index in [1.807, 2.05) is 5.32 Å². The van der Waals surface area contributed by atoms with Crippen LogP contribution in [0.15, 0.2) is 0 Å². The molecular formula is C5H11N3O3. The summed E-state index contributed by atoms with van der Waals surface area (Å²) >= 11 is 0. The molecule has 0 saturated heterocycles. The monoisotopic (exact) mass is 161 g/mol. The average Bonchev–Trinajstić information content (AvgIpc) is 1.86. The second kappa shape index (κ2) is 5.63. The molecule has 0 heterocycles. The van der Waals surface area contributed by atoms with E-state index in [9.17, 15) is 9.59 Å². The van der Waals surface area contributed by atoms with Gasteiger partial charge in [0.05, 0.1) is 6.61 Å². The summed E-state index contributed by atoms with van der Waals surface area (Å²) in [5, 5.41) is 1.86. The number of carbonyl (C=O) groups is 2. The van der Waals surface area contributed by atoms with E-state index in [-0.39, 0.29) is 6.54 Å². The Morgan fingerprint density at radius 2 is 2.18 bits per heavy atom. The highest BCUT2D eigenvalue weighted by molar-refractivity contribution is 5.94. The summed E-state index contributed by atoms with van der Waals surface area (Å²) in [4.78, 5) is 25.3. The molecule has 0 radical (unpaired) electrons. The van der Waals surface area contributed by atoms with Gasteiger partial charge in [-0.05, 0) is 6.92 Å². The summed E-state index contributed by atoms with van der Waals surface area (Å²) in [6.45, 7) is 2.12. The number of imide groups is 1. The van der Waals surface area contributed by atoms with Crippen molar-refractivity contribution >= 4 is 11.9 Å². The van der Waals surface area contributed by atoms with Crippen molar-refractivity contribution in [3.05, 3.63) is 0 Å². The van der Waals surface area contributed by atoms with E-state index in [1.54, 1.807) is 6.92 Å². The SMILES string of the molecule is CCONCC(=O)NC(N)=O. The molecule has 0 spiro atoms. The van der Waals surface area contributed by atoms with E-state index in [0.29, 0.717) is 6.61 Å². The zero-order valence-electron chi connectivity index (χ0n) is 6.22. The van der Waals surface area contributed by atoms with Crippen LogP contribution in [-0.2, 0) is 9.63 Å². The van der Waals surface area contributed by atoms with Crippen LogP contribution in [0.2, 0.25) is 0 Å². The van der Waals surface area contributed by atoms with Crippen molar-refractivity contribution in [2.45, 2.75) is 6.92 Å². The number of hydrogen-bond acceptors (Lipinski definition) is 4. The third-order valence-corrected chi connectivity index (χ3v) is 0.742. The molecule has 0 rings (SSSR count). The molecule has 11 heavy (non-hydrogen) atoms. The highest BCUT2D eigenvalue weighted by atomic mass is 16.6. The maximum atomic E-state index is 10.6. The maximum absolute atomic E-state index is 10.6. The van der Waals surface area contributed by atoms with Gasteiger partial charge in [0, 0.05) is 0 Å². The molecule has 0 aromatic heterocycles. The standard InChI is InChI=1S/C5H11N3O3/c1-2-11-7-3-4(9)8-5(6)10/h7H,2-3H2,1H3,(H3,6,8,9,10). The van der Waals surface area contributed by atoms with Gasteiger partial charge in [0.1, 0.15) is 6.54 Å². The van der Waals surface area contributed by atoms with Crippen molar-refractivity contribution in [3.8, 4) is 0 Å². The molecular weight excluding hydrogens is 150 g/mol. The highest BCUT2D eigenvalue weighted by Gasteiger charge is 2.01. The maximum Gasteiger partial charge on any atom is 0.318 e. The number of hydrogen-bond donors (Lipinski definition) is 3. The number of amides is 3. The first-order chi connectivity index (χ1) is 5.16. The zero-order chi connectivity index (χ0) is 8.69. The van der Waals surface area contributed by atoms with Crippen molar-refractivity contribution in [2.24, 2.45) is 5.73 Å². The lowest BCUT2D eigenvalue weighted by molar-refractivity contribution is -0.121. The quantitative estimate of drug-likeness (QED) is 0.353. The Kier molecular flexibility index (Phi) is 5.05. The largest absolute Gasteiger partial charge is 0.351 e. The fourth-order valence-electron chi connectivity index (χ4n) is 0.400. The minimum absolute atomic E-state index is 0.0865. The first kappa shape index (κ1) is 9.86. The molecule has 64 valence electrons. The van der Waals surface area contributed by atoms with Gasteiger partial charge in [0.15, 0.2) is 0 Å². The molecule has 6 heteroatoms. The van der Waals surface area contributed by atoms with Gasteiger partial charge in [-0.2, -0.15) is 5.48 Å². The molecule has 0 unspecified atom stereocenters. The van der Waals surface area contributed by atoms with Crippen molar-refractivity contribution in [2.75, 3.05) is 13.2 Å². The minimum Gasteiger partial charge on any atom is -0.351 e. The number of carbonyl (C=O) groups excluding carboxylic acids is 2. The van der Waals surface area contributed by atoms with Crippen LogP contribution in [0.25, 0.3) is 0 Å².